The van der Waals surface area contributed by atoms with Crippen LogP contribution < -0.4 is 15.4 Å². The molecule has 0 radical (unpaired) electrons. The van der Waals surface area contributed by atoms with Crippen molar-refractivity contribution >= 4 is 11.4 Å². The Morgan fingerprint density at radius 2 is 1.33 bits per heavy atom. The number of benzene rings is 3. The van der Waals surface area contributed by atoms with Gasteiger partial charge in [0.15, 0.2) is 0 Å². The molecule has 2 N–H and O–H groups in total. The zero-order valence-corrected chi connectivity index (χ0v) is 13.9. The van der Waals surface area contributed by atoms with Gasteiger partial charge in [-0.15, -0.1) is 0 Å². The predicted molar refractivity (Wildman–Crippen MR) is 100 cm³/mol. The molecule has 0 heterocycles. The van der Waals surface area contributed by atoms with Crippen molar-refractivity contribution in [1.29, 1.82) is 0 Å². The summed E-state index contributed by atoms with van der Waals surface area (Å²) in [6.45, 7) is 1.62. The molecule has 0 aliphatic rings. The molecule has 0 atom stereocenters. The first-order chi connectivity index (χ1) is 11.7. The predicted octanol–water partition coefficient (Wildman–Crippen LogP) is 4.48. The number of nitrogen functional groups attached to an aromatic ring is 1. The Kier molecular flexibility index (Phi) is 5.02. The zero-order valence-electron chi connectivity index (χ0n) is 13.9. The number of hydrogen-bond donors (Lipinski definition) is 1. The molecule has 0 aromatic heterocycles. The number of hydrogen-bond acceptors (Lipinski definition) is 3. The van der Waals surface area contributed by atoms with Crippen molar-refractivity contribution in [3.05, 3.63) is 90.0 Å². The molecule has 3 rings (SSSR count). The van der Waals surface area contributed by atoms with E-state index in [1.165, 1.54) is 11.1 Å². The van der Waals surface area contributed by atoms with E-state index in [9.17, 15) is 0 Å². The van der Waals surface area contributed by atoms with Gasteiger partial charge >= 0.3 is 0 Å². The summed E-state index contributed by atoms with van der Waals surface area (Å²) in [5, 5.41) is 0. The SMILES string of the molecule is COc1cc(N)cc(N(Cc2ccccc2)Cc2ccccc2)c1. The first-order valence-corrected chi connectivity index (χ1v) is 8.02. The highest BCUT2D eigenvalue weighted by molar-refractivity contribution is 5.61. The van der Waals surface area contributed by atoms with E-state index < -0.39 is 0 Å². The van der Waals surface area contributed by atoms with Gasteiger partial charge in [0.05, 0.1) is 7.11 Å². The first-order valence-electron chi connectivity index (χ1n) is 8.02. The van der Waals surface area contributed by atoms with Crippen LogP contribution in [0.1, 0.15) is 11.1 Å². The second-order valence-electron chi connectivity index (χ2n) is 5.79. The van der Waals surface area contributed by atoms with E-state index in [1.54, 1.807) is 7.11 Å². The Morgan fingerprint density at radius 3 is 1.83 bits per heavy atom. The summed E-state index contributed by atoms with van der Waals surface area (Å²) in [5.74, 6) is 0.774. The maximum Gasteiger partial charge on any atom is 0.122 e. The molecule has 24 heavy (non-hydrogen) atoms. The molecule has 3 heteroatoms. The average molecular weight is 318 g/mol. The smallest absolute Gasteiger partial charge is 0.122 e. The van der Waals surface area contributed by atoms with Crippen molar-refractivity contribution < 1.29 is 4.74 Å². The monoisotopic (exact) mass is 318 g/mol. The average Bonchev–Trinajstić information content (AvgIpc) is 2.62. The van der Waals surface area contributed by atoms with Crippen LogP contribution in [-0.4, -0.2) is 7.11 Å². The van der Waals surface area contributed by atoms with E-state index in [4.69, 9.17) is 10.5 Å². The molecule has 3 nitrogen and oxygen atoms in total. The van der Waals surface area contributed by atoms with E-state index in [1.807, 2.05) is 30.3 Å². The maximum absolute atomic E-state index is 6.05. The number of anilines is 2. The van der Waals surface area contributed by atoms with Gasteiger partial charge in [-0.25, -0.2) is 0 Å². The summed E-state index contributed by atoms with van der Waals surface area (Å²) < 4.78 is 5.38. The van der Waals surface area contributed by atoms with Gasteiger partial charge in [0.25, 0.3) is 0 Å². The molecule has 0 saturated carbocycles. The van der Waals surface area contributed by atoms with Crippen molar-refractivity contribution in [2.75, 3.05) is 17.7 Å². The Hall–Kier alpha value is -2.94. The highest BCUT2D eigenvalue weighted by atomic mass is 16.5. The highest BCUT2D eigenvalue weighted by Gasteiger charge is 2.11. The number of nitrogens with two attached hydrogens (primary N) is 1. The first kappa shape index (κ1) is 15.9. The minimum absolute atomic E-state index is 0.704. The Balaban J connectivity index is 1.93. The normalized spacial score (nSPS) is 10.4. The fraction of sp³-hybridized carbons (Fsp3) is 0.143. The fourth-order valence-electron chi connectivity index (χ4n) is 2.75. The summed E-state index contributed by atoms with van der Waals surface area (Å²) in [6.07, 6.45) is 0. The van der Waals surface area contributed by atoms with Crippen LogP contribution in [0.5, 0.6) is 5.75 Å². The lowest BCUT2D eigenvalue weighted by Crippen LogP contribution is -2.22. The summed E-state index contributed by atoms with van der Waals surface area (Å²) in [6, 6.07) is 26.8. The van der Waals surface area contributed by atoms with Gasteiger partial charge < -0.3 is 15.4 Å². The van der Waals surface area contributed by atoms with Crippen LogP contribution >= 0.6 is 0 Å². The number of methoxy groups -OCH3 is 1. The third-order valence-electron chi connectivity index (χ3n) is 3.95. The topological polar surface area (TPSA) is 38.5 Å². The van der Waals surface area contributed by atoms with Gasteiger partial charge in [0, 0.05) is 36.6 Å². The van der Waals surface area contributed by atoms with Crippen LogP contribution in [0.3, 0.4) is 0 Å². The van der Waals surface area contributed by atoms with Gasteiger partial charge in [-0.2, -0.15) is 0 Å². The molecular weight excluding hydrogens is 296 g/mol. The van der Waals surface area contributed by atoms with Crippen molar-refractivity contribution in [3.63, 3.8) is 0 Å². The molecule has 0 saturated heterocycles. The quantitative estimate of drug-likeness (QED) is 0.681. The van der Waals surface area contributed by atoms with E-state index in [0.29, 0.717) is 5.69 Å². The Bertz CT molecular complexity index is 731. The van der Waals surface area contributed by atoms with E-state index in [0.717, 1.165) is 24.5 Å². The Morgan fingerprint density at radius 1 is 0.792 bits per heavy atom. The van der Waals surface area contributed by atoms with Crippen LogP contribution in [0.25, 0.3) is 0 Å². The summed E-state index contributed by atoms with van der Waals surface area (Å²) in [7, 11) is 1.66. The minimum Gasteiger partial charge on any atom is -0.497 e. The van der Waals surface area contributed by atoms with Crippen LogP contribution in [0.15, 0.2) is 78.9 Å². The van der Waals surface area contributed by atoms with Crippen LogP contribution in [0.4, 0.5) is 11.4 Å². The molecule has 0 amide bonds. The van der Waals surface area contributed by atoms with Crippen LogP contribution in [-0.2, 0) is 13.1 Å². The van der Waals surface area contributed by atoms with Gasteiger partial charge in [-0.05, 0) is 17.2 Å². The van der Waals surface area contributed by atoms with Gasteiger partial charge in [0.2, 0.25) is 0 Å². The lowest BCUT2D eigenvalue weighted by Gasteiger charge is -2.26. The van der Waals surface area contributed by atoms with Gasteiger partial charge in [-0.3, -0.25) is 0 Å². The second-order valence-corrected chi connectivity index (χ2v) is 5.79. The number of rotatable bonds is 6. The molecular formula is C21H22N2O. The molecule has 0 aliphatic heterocycles. The largest absolute Gasteiger partial charge is 0.497 e. The van der Waals surface area contributed by atoms with Gasteiger partial charge in [-0.1, -0.05) is 60.7 Å². The maximum atomic E-state index is 6.05. The molecule has 0 unspecified atom stereocenters. The summed E-state index contributed by atoms with van der Waals surface area (Å²) in [5.41, 5.74) is 10.3. The van der Waals surface area contributed by atoms with Crippen molar-refractivity contribution in [1.82, 2.24) is 0 Å². The molecule has 3 aromatic rings. The number of ether oxygens (including phenoxy) is 1. The molecule has 3 aromatic carbocycles. The minimum atomic E-state index is 0.704. The third-order valence-corrected chi connectivity index (χ3v) is 3.95. The lowest BCUT2D eigenvalue weighted by atomic mass is 10.1. The van der Waals surface area contributed by atoms with Crippen LogP contribution in [0, 0.1) is 0 Å². The second kappa shape index (κ2) is 7.55. The van der Waals surface area contributed by atoms with Crippen molar-refractivity contribution in [2.45, 2.75) is 13.1 Å². The fourth-order valence-corrected chi connectivity index (χ4v) is 2.75. The summed E-state index contributed by atoms with van der Waals surface area (Å²) in [4.78, 5) is 2.31. The molecule has 0 bridgehead atoms. The highest BCUT2D eigenvalue weighted by Crippen LogP contribution is 2.28. The molecule has 0 aliphatic carbocycles. The van der Waals surface area contributed by atoms with Gasteiger partial charge in [0.1, 0.15) is 5.75 Å². The zero-order chi connectivity index (χ0) is 16.8. The number of nitrogens with zero attached hydrogens (tertiary/aromatic N) is 1. The summed E-state index contributed by atoms with van der Waals surface area (Å²) >= 11 is 0. The molecule has 122 valence electrons. The van der Waals surface area contributed by atoms with Crippen molar-refractivity contribution in [2.24, 2.45) is 0 Å². The van der Waals surface area contributed by atoms with E-state index in [-0.39, 0.29) is 0 Å². The van der Waals surface area contributed by atoms with Crippen LogP contribution in [0.2, 0.25) is 0 Å². The van der Waals surface area contributed by atoms with E-state index in [2.05, 4.69) is 53.4 Å². The van der Waals surface area contributed by atoms with Crippen molar-refractivity contribution in [3.8, 4) is 5.75 Å². The Labute approximate surface area is 143 Å². The lowest BCUT2D eigenvalue weighted by molar-refractivity contribution is 0.415. The standard InChI is InChI=1S/C21H22N2O/c1-24-21-13-19(22)12-20(14-21)23(15-17-8-4-2-5-9-17)16-18-10-6-3-7-11-18/h2-14H,15-16,22H2,1H3. The van der Waals surface area contributed by atoms with E-state index >= 15 is 0 Å². The molecule has 0 spiro atoms. The molecule has 0 fully saturated rings. The third kappa shape index (κ3) is 4.07.